The number of nitrogens with zero attached hydrogens (tertiary/aromatic N) is 2. The number of carbonyl (C=O) groups is 2. The third-order valence-electron chi connectivity index (χ3n) is 4.94. The number of fused-ring (bicyclic) bond motifs is 1. The lowest BCUT2D eigenvalue weighted by Gasteiger charge is -2.10. The van der Waals surface area contributed by atoms with Crippen LogP contribution in [-0.4, -0.2) is 45.7 Å². The second kappa shape index (κ2) is 9.76. The highest BCUT2D eigenvalue weighted by molar-refractivity contribution is 8.00. The van der Waals surface area contributed by atoms with Gasteiger partial charge in [0.15, 0.2) is 5.78 Å². The average molecular weight is 457 g/mol. The van der Waals surface area contributed by atoms with E-state index in [0.717, 1.165) is 39.0 Å². The molecule has 1 fully saturated rings. The van der Waals surface area contributed by atoms with Crippen LogP contribution in [0.2, 0.25) is 0 Å². The van der Waals surface area contributed by atoms with Gasteiger partial charge in [0.05, 0.1) is 22.7 Å². The molecular formula is C22H24N4O3S2. The van der Waals surface area contributed by atoms with Gasteiger partial charge < -0.3 is 15.7 Å². The molecule has 7 nitrogen and oxygen atoms in total. The summed E-state index contributed by atoms with van der Waals surface area (Å²) < 4.78 is 0. The van der Waals surface area contributed by atoms with Gasteiger partial charge in [-0.25, -0.2) is 9.97 Å². The second-order valence-corrected chi connectivity index (χ2v) is 9.68. The fourth-order valence-electron chi connectivity index (χ4n) is 3.08. The fraction of sp³-hybridized carbons (Fsp3) is 0.364. The van der Waals surface area contributed by atoms with Crippen molar-refractivity contribution < 1.29 is 14.7 Å². The predicted octanol–water partition coefficient (Wildman–Crippen LogP) is 3.41. The number of hydrogen-bond acceptors (Lipinski definition) is 8. The minimum absolute atomic E-state index is 0.0159. The Morgan fingerprint density at radius 2 is 2.06 bits per heavy atom. The first-order chi connectivity index (χ1) is 15.0. The average Bonchev–Trinajstić information content (AvgIpc) is 3.49. The molecule has 9 heteroatoms. The van der Waals surface area contributed by atoms with Crippen molar-refractivity contribution >= 4 is 51.4 Å². The molecular weight excluding hydrogens is 432 g/mol. The number of nitrogens with one attached hydrogen (secondary N) is 2. The zero-order chi connectivity index (χ0) is 21.8. The first-order valence-corrected chi connectivity index (χ1v) is 12.0. The Morgan fingerprint density at radius 1 is 1.23 bits per heavy atom. The zero-order valence-corrected chi connectivity index (χ0v) is 18.8. The molecule has 0 radical (unpaired) electrons. The van der Waals surface area contributed by atoms with E-state index in [9.17, 15) is 9.59 Å². The van der Waals surface area contributed by atoms with Gasteiger partial charge in [0.1, 0.15) is 17.5 Å². The molecule has 1 aliphatic carbocycles. The highest BCUT2D eigenvalue weighted by Crippen LogP contribution is 2.31. The van der Waals surface area contributed by atoms with E-state index < -0.39 is 12.5 Å². The summed E-state index contributed by atoms with van der Waals surface area (Å²) in [6.07, 6.45) is 2.59. The van der Waals surface area contributed by atoms with E-state index in [1.54, 1.807) is 6.07 Å². The summed E-state index contributed by atoms with van der Waals surface area (Å²) in [6.45, 7) is 2.60. The number of thioether (sulfide) groups is 1. The van der Waals surface area contributed by atoms with E-state index in [0.29, 0.717) is 17.2 Å². The van der Waals surface area contributed by atoms with Gasteiger partial charge in [-0.2, -0.15) is 0 Å². The van der Waals surface area contributed by atoms with Gasteiger partial charge in [0.25, 0.3) is 0 Å². The van der Waals surface area contributed by atoms with E-state index in [2.05, 4.69) is 26.7 Å². The number of benzene rings is 1. The number of amides is 1. The largest absolute Gasteiger partial charge is 0.387 e. The maximum absolute atomic E-state index is 12.7. The topological polar surface area (TPSA) is 104 Å². The SMILES string of the molecule is Cc1nc(SCC(=O)c2ccc(CNC(=O)CO)s2)c2cc(NCC3CC3)ccc2n1. The van der Waals surface area contributed by atoms with Crippen LogP contribution in [0, 0.1) is 12.8 Å². The molecule has 4 rings (SSSR count). The molecule has 1 aromatic carbocycles. The number of Topliss-reactive ketones (excluding diaryl/α,β-unsaturated/α-hetero) is 1. The predicted molar refractivity (Wildman–Crippen MR) is 124 cm³/mol. The molecule has 1 amide bonds. The minimum atomic E-state index is -0.544. The minimum Gasteiger partial charge on any atom is -0.387 e. The van der Waals surface area contributed by atoms with Crippen LogP contribution in [0.3, 0.4) is 0 Å². The number of aromatic nitrogens is 2. The zero-order valence-electron chi connectivity index (χ0n) is 17.2. The highest BCUT2D eigenvalue weighted by atomic mass is 32.2. The molecule has 0 atom stereocenters. The summed E-state index contributed by atoms with van der Waals surface area (Å²) >= 11 is 2.77. The Morgan fingerprint density at radius 3 is 2.84 bits per heavy atom. The molecule has 162 valence electrons. The molecule has 1 saturated carbocycles. The van der Waals surface area contributed by atoms with Crippen LogP contribution in [0.25, 0.3) is 10.9 Å². The Labute approximate surface area is 188 Å². The van der Waals surface area contributed by atoms with Gasteiger partial charge in [-0.1, -0.05) is 11.8 Å². The van der Waals surface area contributed by atoms with Gasteiger partial charge in [-0.05, 0) is 56.0 Å². The Kier molecular flexibility index (Phi) is 6.84. The lowest BCUT2D eigenvalue weighted by atomic mass is 10.2. The number of aryl methyl sites for hydroxylation is 1. The van der Waals surface area contributed by atoms with E-state index in [-0.39, 0.29) is 11.5 Å². The van der Waals surface area contributed by atoms with Crippen molar-refractivity contribution in [3.05, 3.63) is 45.9 Å². The third-order valence-corrected chi connectivity index (χ3v) is 7.06. The number of hydrogen-bond donors (Lipinski definition) is 3. The number of aliphatic hydroxyl groups excluding tert-OH is 1. The fourth-order valence-corrected chi connectivity index (χ4v) is 5.00. The monoisotopic (exact) mass is 456 g/mol. The number of anilines is 1. The molecule has 0 unspecified atom stereocenters. The summed E-state index contributed by atoms with van der Waals surface area (Å²) in [5.74, 6) is 1.31. The van der Waals surface area contributed by atoms with Crippen LogP contribution in [-0.2, 0) is 11.3 Å². The van der Waals surface area contributed by atoms with Crippen molar-refractivity contribution in [2.75, 3.05) is 24.2 Å². The normalized spacial score (nSPS) is 13.4. The summed E-state index contributed by atoms with van der Waals surface area (Å²) in [4.78, 5) is 34.5. The Bertz CT molecular complexity index is 1110. The number of thiophene rings is 1. The Balaban J connectivity index is 1.43. The van der Waals surface area contributed by atoms with E-state index in [1.165, 1.54) is 35.9 Å². The van der Waals surface area contributed by atoms with Gasteiger partial charge >= 0.3 is 0 Å². The molecule has 31 heavy (non-hydrogen) atoms. The van der Waals surface area contributed by atoms with Crippen molar-refractivity contribution in [1.29, 1.82) is 0 Å². The smallest absolute Gasteiger partial charge is 0.246 e. The molecule has 1 aliphatic rings. The molecule has 0 bridgehead atoms. The highest BCUT2D eigenvalue weighted by Gasteiger charge is 2.20. The van der Waals surface area contributed by atoms with Crippen LogP contribution in [0.15, 0.2) is 35.4 Å². The summed E-state index contributed by atoms with van der Waals surface area (Å²) in [5.41, 5.74) is 1.92. The van der Waals surface area contributed by atoms with E-state index in [4.69, 9.17) is 5.11 Å². The lowest BCUT2D eigenvalue weighted by molar-refractivity contribution is -0.123. The molecule has 2 heterocycles. The summed E-state index contributed by atoms with van der Waals surface area (Å²) in [7, 11) is 0. The van der Waals surface area contributed by atoms with Crippen molar-refractivity contribution in [3.63, 3.8) is 0 Å². The Hall–Kier alpha value is -2.49. The number of ketones is 1. The standard InChI is InChI=1S/C22H24N4O3S2/c1-13-25-18-6-4-15(23-9-14-2-3-14)8-17(18)22(26-13)30-12-19(28)20-7-5-16(31-20)10-24-21(29)11-27/h4-8,14,23,27H,2-3,9-12H2,1H3,(H,24,29). The first-order valence-electron chi connectivity index (χ1n) is 10.2. The first kappa shape index (κ1) is 21.7. The van der Waals surface area contributed by atoms with Crippen molar-refractivity contribution in [2.45, 2.75) is 31.3 Å². The quantitative estimate of drug-likeness (QED) is 0.244. The molecule has 0 saturated heterocycles. The van der Waals surface area contributed by atoms with Crippen molar-refractivity contribution in [3.8, 4) is 0 Å². The van der Waals surface area contributed by atoms with E-state index >= 15 is 0 Å². The lowest BCUT2D eigenvalue weighted by Crippen LogP contribution is -2.25. The van der Waals surface area contributed by atoms with Crippen LogP contribution < -0.4 is 10.6 Å². The van der Waals surface area contributed by atoms with Crippen LogP contribution in [0.1, 0.15) is 33.2 Å². The third kappa shape index (κ3) is 5.81. The molecule has 2 aromatic heterocycles. The van der Waals surface area contributed by atoms with Crippen LogP contribution in [0.4, 0.5) is 5.69 Å². The molecule has 3 aromatic rings. The van der Waals surface area contributed by atoms with Crippen molar-refractivity contribution in [2.24, 2.45) is 5.92 Å². The molecule has 0 aliphatic heterocycles. The van der Waals surface area contributed by atoms with Crippen LogP contribution >= 0.6 is 23.1 Å². The summed E-state index contributed by atoms with van der Waals surface area (Å²) in [6, 6.07) is 9.70. The molecule has 0 spiro atoms. The maximum atomic E-state index is 12.7. The van der Waals surface area contributed by atoms with Crippen molar-refractivity contribution in [1.82, 2.24) is 15.3 Å². The summed E-state index contributed by atoms with van der Waals surface area (Å²) in [5, 5.41) is 16.6. The van der Waals surface area contributed by atoms with Gasteiger partial charge in [0.2, 0.25) is 5.91 Å². The van der Waals surface area contributed by atoms with E-state index in [1.807, 2.05) is 25.1 Å². The maximum Gasteiger partial charge on any atom is 0.246 e. The number of carbonyl (C=O) groups excluding carboxylic acids is 2. The second-order valence-electron chi connectivity index (χ2n) is 7.54. The number of rotatable bonds is 10. The van der Waals surface area contributed by atoms with Gasteiger partial charge in [-0.3, -0.25) is 9.59 Å². The van der Waals surface area contributed by atoms with Crippen LogP contribution in [0.5, 0.6) is 0 Å². The van der Waals surface area contributed by atoms with Gasteiger partial charge in [0, 0.05) is 22.5 Å². The van der Waals surface area contributed by atoms with Gasteiger partial charge in [-0.15, -0.1) is 11.3 Å². The molecule has 3 N–H and O–H groups in total. The number of aliphatic hydroxyl groups is 1.